The molecule has 0 saturated carbocycles. The van der Waals surface area contributed by atoms with E-state index in [1.807, 2.05) is 20.8 Å². The summed E-state index contributed by atoms with van der Waals surface area (Å²) >= 11 is 0. The molecule has 2 aromatic rings. The number of aryl methyl sites for hydroxylation is 3. The number of oxazole rings is 1. The van der Waals surface area contributed by atoms with Gasteiger partial charge in [-0.15, -0.1) is 0 Å². The Hall–Kier alpha value is -1.73. The van der Waals surface area contributed by atoms with E-state index in [2.05, 4.69) is 31.8 Å². The second kappa shape index (κ2) is 6.18. The Bertz CT molecular complexity index is 608. The van der Waals surface area contributed by atoms with Crippen molar-refractivity contribution in [3.63, 3.8) is 0 Å². The molecule has 0 aliphatic carbocycles. The van der Waals surface area contributed by atoms with Crippen LogP contribution in [0.25, 0.3) is 0 Å². The van der Waals surface area contributed by atoms with Crippen molar-refractivity contribution in [1.29, 1.82) is 0 Å². The second-order valence-electron chi connectivity index (χ2n) is 5.92. The van der Waals surface area contributed by atoms with Crippen LogP contribution in [0.4, 0.5) is 0 Å². The quantitative estimate of drug-likeness (QED) is 0.853. The van der Waals surface area contributed by atoms with Crippen LogP contribution in [0, 0.1) is 20.8 Å². The predicted octanol–water partition coefficient (Wildman–Crippen LogP) is 1.86. The summed E-state index contributed by atoms with van der Waals surface area (Å²) in [6, 6.07) is 0.162. The summed E-state index contributed by atoms with van der Waals surface area (Å²) < 4.78 is 10.9. The van der Waals surface area contributed by atoms with Crippen molar-refractivity contribution in [3.05, 3.63) is 29.1 Å². The molecular formula is C15H23N5O2. The van der Waals surface area contributed by atoms with Crippen LogP contribution < -0.4 is 0 Å². The van der Waals surface area contributed by atoms with E-state index in [1.165, 1.54) is 0 Å². The first-order chi connectivity index (χ1) is 10.5. The van der Waals surface area contributed by atoms with E-state index in [0.29, 0.717) is 11.7 Å². The molecule has 1 fully saturated rings. The van der Waals surface area contributed by atoms with Crippen LogP contribution >= 0.6 is 0 Å². The van der Waals surface area contributed by atoms with Crippen LogP contribution in [0.5, 0.6) is 0 Å². The average molecular weight is 305 g/mol. The molecule has 120 valence electrons. The van der Waals surface area contributed by atoms with Gasteiger partial charge in [0.15, 0.2) is 5.82 Å². The molecule has 0 N–H and O–H groups in total. The Morgan fingerprint density at radius 3 is 2.36 bits per heavy atom. The van der Waals surface area contributed by atoms with Crippen LogP contribution in [-0.4, -0.2) is 51.1 Å². The van der Waals surface area contributed by atoms with Gasteiger partial charge in [0.1, 0.15) is 5.76 Å². The van der Waals surface area contributed by atoms with Crippen LogP contribution in [0.15, 0.2) is 8.94 Å². The smallest absolute Gasteiger partial charge is 0.243 e. The highest BCUT2D eigenvalue weighted by molar-refractivity contribution is 5.05. The number of nitrogens with zero attached hydrogens (tertiary/aromatic N) is 5. The van der Waals surface area contributed by atoms with Crippen molar-refractivity contribution < 1.29 is 8.94 Å². The molecule has 1 aliphatic rings. The molecule has 3 heterocycles. The highest BCUT2D eigenvalue weighted by Crippen LogP contribution is 2.20. The molecule has 2 aromatic heterocycles. The predicted molar refractivity (Wildman–Crippen MR) is 80.3 cm³/mol. The van der Waals surface area contributed by atoms with Crippen molar-refractivity contribution in [1.82, 2.24) is 24.9 Å². The van der Waals surface area contributed by atoms with Crippen LogP contribution in [0.2, 0.25) is 0 Å². The Balaban J connectivity index is 1.53. The van der Waals surface area contributed by atoms with Gasteiger partial charge in [-0.1, -0.05) is 5.16 Å². The number of aromatic nitrogens is 3. The lowest BCUT2D eigenvalue weighted by Gasteiger charge is -2.36. The third-order valence-electron chi connectivity index (χ3n) is 4.29. The minimum atomic E-state index is 0.162. The molecular weight excluding hydrogens is 282 g/mol. The molecule has 1 saturated heterocycles. The zero-order chi connectivity index (χ0) is 15.7. The van der Waals surface area contributed by atoms with Gasteiger partial charge < -0.3 is 8.94 Å². The van der Waals surface area contributed by atoms with Gasteiger partial charge in [-0.05, 0) is 27.7 Å². The first-order valence-electron chi connectivity index (χ1n) is 7.72. The highest BCUT2D eigenvalue weighted by atomic mass is 16.5. The van der Waals surface area contributed by atoms with Gasteiger partial charge in [-0.2, -0.15) is 4.98 Å². The van der Waals surface area contributed by atoms with Gasteiger partial charge in [-0.3, -0.25) is 9.80 Å². The normalized spacial score (nSPS) is 18.7. The standard InChI is InChI=1S/C15H23N5O2/c1-10-12(3)21-14(16-10)9-19-5-7-20(8-6-19)11(2)15-17-13(4)18-22-15/h11H,5-9H2,1-4H3/t11-/m1/s1. The molecule has 7 nitrogen and oxygen atoms in total. The average Bonchev–Trinajstić information content (AvgIpc) is 3.06. The van der Waals surface area contributed by atoms with Gasteiger partial charge in [0.05, 0.1) is 18.3 Å². The number of rotatable bonds is 4. The van der Waals surface area contributed by atoms with Crippen LogP contribution in [0.3, 0.4) is 0 Å². The summed E-state index contributed by atoms with van der Waals surface area (Å²) in [5.41, 5.74) is 0.981. The van der Waals surface area contributed by atoms with Crippen LogP contribution in [0.1, 0.15) is 42.0 Å². The maximum absolute atomic E-state index is 5.66. The summed E-state index contributed by atoms with van der Waals surface area (Å²) in [5, 5.41) is 3.87. The Kier molecular flexibility index (Phi) is 4.26. The summed E-state index contributed by atoms with van der Waals surface area (Å²) in [7, 11) is 0. The van der Waals surface area contributed by atoms with E-state index in [-0.39, 0.29) is 6.04 Å². The van der Waals surface area contributed by atoms with Crippen molar-refractivity contribution >= 4 is 0 Å². The summed E-state index contributed by atoms with van der Waals surface area (Å²) in [5.74, 6) is 3.11. The SMILES string of the molecule is Cc1noc([C@@H](C)N2CCN(Cc3nc(C)c(C)o3)CC2)n1. The van der Waals surface area contributed by atoms with Crippen molar-refractivity contribution in [3.8, 4) is 0 Å². The maximum atomic E-state index is 5.66. The molecule has 7 heteroatoms. The van der Waals surface area contributed by atoms with E-state index in [0.717, 1.165) is 50.1 Å². The summed E-state index contributed by atoms with van der Waals surface area (Å²) in [6.07, 6.45) is 0. The zero-order valence-corrected chi connectivity index (χ0v) is 13.7. The Morgan fingerprint density at radius 1 is 1.09 bits per heavy atom. The van der Waals surface area contributed by atoms with Crippen molar-refractivity contribution in [2.24, 2.45) is 0 Å². The second-order valence-corrected chi connectivity index (χ2v) is 5.92. The molecule has 0 amide bonds. The monoisotopic (exact) mass is 305 g/mol. The van der Waals surface area contributed by atoms with Gasteiger partial charge >= 0.3 is 0 Å². The Labute approximate surface area is 130 Å². The molecule has 1 atom stereocenters. The van der Waals surface area contributed by atoms with E-state index < -0.39 is 0 Å². The molecule has 0 aromatic carbocycles. The highest BCUT2D eigenvalue weighted by Gasteiger charge is 2.26. The largest absolute Gasteiger partial charge is 0.444 e. The molecule has 0 radical (unpaired) electrons. The van der Waals surface area contributed by atoms with E-state index in [9.17, 15) is 0 Å². The fraction of sp³-hybridized carbons (Fsp3) is 0.667. The third-order valence-corrected chi connectivity index (χ3v) is 4.29. The number of piperazine rings is 1. The van der Waals surface area contributed by atoms with E-state index in [1.54, 1.807) is 0 Å². The molecule has 0 unspecified atom stereocenters. The minimum absolute atomic E-state index is 0.162. The minimum Gasteiger partial charge on any atom is -0.444 e. The van der Waals surface area contributed by atoms with E-state index in [4.69, 9.17) is 8.94 Å². The third kappa shape index (κ3) is 3.20. The molecule has 0 bridgehead atoms. The lowest BCUT2D eigenvalue weighted by Crippen LogP contribution is -2.46. The van der Waals surface area contributed by atoms with Crippen molar-refractivity contribution in [2.75, 3.05) is 26.2 Å². The van der Waals surface area contributed by atoms with Crippen molar-refractivity contribution in [2.45, 2.75) is 40.3 Å². The molecule has 0 spiro atoms. The molecule has 22 heavy (non-hydrogen) atoms. The van der Waals surface area contributed by atoms with E-state index >= 15 is 0 Å². The fourth-order valence-electron chi connectivity index (χ4n) is 2.75. The first-order valence-corrected chi connectivity index (χ1v) is 7.72. The van der Waals surface area contributed by atoms with Gasteiger partial charge in [-0.25, -0.2) is 4.98 Å². The first kappa shape index (κ1) is 15.2. The lowest BCUT2D eigenvalue weighted by atomic mass is 10.2. The van der Waals surface area contributed by atoms with Gasteiger partial charge in [0.2, 0.25) is 11.8 Å². The number of hydrogen-bond donors (Lipinski definition) is 0. The summed E-state index contributed by atoms with van der Waals surface area (Å²) in [6.45, 7) is 12.6. The lowest BCUT2D eigenvalue weighted by molar-refractivity contribution is 0.0796. The molecule has 1 aliphatic heterocycles. The Morgan fingerprint density at radius 2 is 1.82 bits per heavy atom. The summed E-state index contributed by atoms with van der Waals surface area (Å²) in [4.78, 5) is 13.5. The van der Waals surface area contributed by atoms with Crippen LogP contribution in [-0.2, 0) is 6.54 Å². The van der Waals surface area contributed by atoms with Gasteiger partial charge in [0.25, 0.3) is 0 Å². The zero-order valence-electron chi connectivity index (χ0n) is 13.7. The maximum Gasteiger partial charge on any atom is 0.243 e. The van der Waals surface area contributed by atoms with Gasteiger partial charge in [0, 0.05) is 26.2 Å². The fourth-order valence-corrected chi connectivity index (χ4v) is 2.75. The molecule has 3 rings (SSSR count). The topological polar surface area (TPSA) is 71.4 Å². The number of hydrogen-bond acceptors (Lipinski definition) is 7.